The normalized spacial score (nSPS) is 10.2. The molecule has 88 valence electrons. The second-order valence-electron chi connectivity index (χ2n) is 3.82. The van der Waals surface area contributed by atoms with E-state index in [0.717, 1.165) is 12.8 Å². The highest BCUT2D eigenvalue weighted by atomic mass is 16.5. The maximum Gasteiger partial charge on any atom is 0.492 e. The van der Waals surface area contributed by atoms with Crippen molar-refractivity contribution >= 4 is 12.6 Å². The monoisotopic (exact) mass is 222 g/mol. The first-order valence-corrected chi connectivity index (χ1v) is 5.83. The van der Waals surface area contributed by atoms with E-state index in [0.29, 0.717) is 17.8 Å². The van der Waals surface area contributed by atoms with Crippen molar-refractivity contribution in [1.82, 2.24) is 0 Å². The third-order valence-electron chi connectivity index (χ3n) is 2.45. The van der Waals surface area contributed by atoms with Gasteiger partial charge in [0, 0.05) is 5.46 Å². The summed E-state index contributed by atoms with van der Waals surface area (Å²) < 4.78 is 5.53. The Hall–Kier alpha value is -0.995. The SMILES string of the molecule is CCCCCCOc1ccccc1B(O)O. The number of para-hydroxylation sites is 1. The first-order chi connectivity index (χ1) is 7.75. The summed E-state index contributed by atoms with van der Waals surface area (Å²) in [6.07, 6.45) is 4.57. The van der Waals surface area contributed by atoms with Gasteiger partial charge in [-0.15, -0.1) is 0 Å². The third kappa shape index (κ3) is 4.25. The van der Waals surface area contributed by atoms with Crippen LogP contribution in [0.1, 0.15) is 32.6 Å². The Morgan fingerprint density at radius 1 is 1.12 bits per heavy atom. The van der Waals surface area contributed by atoms with Crippen molar-refractivity contribution in [2.75, 3.05) is 6.61 Å². The Balaban J connectivity index is 2.41. The van der Waals surface area contributed by atoms with Gasteiger partial charge in [0.25, 0.3) is 0 Å². The summed E-state index contributed by atoms with van der Waals surface area (Å²) in [6, 6.07) is 7.01. The quantitative estimate of drug-likeness (QED) is 0.540. The van der Waals surface area contributed by atoms with Gasteiger partial charge in [0.1, 0.15) is 5.75 Å². The van der Waals surface area contributed by atoms with E-state index in [1.54, 1.807) is 18.2 Å². The molecule has 0 bridgehead atoms. The van der Waals surface area contributed by atoms with E-state index in [1.807, 2.05) is 6.07 Å². The van der Waals surface area contributed by atoms with E-state index >= 15 is 0 Å². The topological polar surface area (TPSA) is 49.7 Å². The molecule has 0 amide bonds. The highest BCUT2D eigenvalue weighted by Crippen LogP contribution is 2.08. The summed E-state index contributed by atoms with van der Waals surface area (Å²) in [5.74, 6) is 0.564. The van der Waals surface area contributed by atoms with Crippen LogP contribution in [0.5, 0.6) is 5.75 Å². The molecule has 1 aromatic rings. The molecule has 0 aliphatic rings. The highest BCUT2D eigenvalue weighted by Gasteiger charge is 2.15. The van der Waals surface area contributed by atoms with Crippen molar-refractivity contribution in [3.05, 3.63) is 24.3 Å². The average Bonchev–Trinajstić information content (AvgIpc) is 2.29. The molecule has 0 aliphatic heterocycles. The van der Waals surface area contributed by atoms with Crippen LogP contribution in [0.3, 0.4) is 0 Å². The lowest BCUT2D eigenvalue weighted by molar-refractivity contribution is 0.305. The summed E-state index contributed by atoms with van der Waals surface area (Å²) in [6.45, 7) is 2.79. The van der Waals surface area contributed by atoms with Crippen molar-refractivity contribution in [2.45, 2.75) is 32.6 Å². The van der Waals surface area contributed by atoms with Gasteiger partial charge < -0.3 is 14.8 Å². The number of rotatable bonds is 7. The summed E-state index contributed by atoms with van der Waals surface area (Å²) in [4.78, 5) is 0. The third-order valence-corrected chi connectivity index (χ3v) is 2.45. The number of hydrogen-bond acceptors (Lipinski definition) is 3. The van der Waals surface area contributed by atoms with Crippen molar-refractivity contribution in [2.24, 2.45) is 0 Å². The second kappa shape index (κ2) is 7.31. The lowest BCUT2D eigenvalue weighted by Gasteiger charge is -2.10. The summed E-state index contributed by atoms with van der Waals surface area (Å²) in [5.41, 5.74) is 0.429. The Labute approximate surface area is 97.2 Å². The predicted octanol–water partition coefficient (Wildman–Crippen LogP) is 1.33. The average molecular weight is 222 g/mol. The molecular formula is C12H19BO3. The molecule has 1 rings (SSSR count). The van der Waals surface area contributed by atoms with Gasteiger partial charge in [-0.1, -0.05) is 44.4 Å². The van der Waals surface area contributed by atoms with Crippen LogP contribution in [0.4, 0.5) is 0 Å². The molecule has 0 unspecified atom stereocenters. The Morgan fingerprint density at radius 2 is 1.88 bits per heavy atom. The Kier molecular flexibility index (Phi) is 5.97. The minimum absolute atomic E-state index is 0.429. The molecule has 3 nitrogen and oxygen atoms in total. The molecule has 0 fully saturated rings. The molecule has 0 saturated carbocycles. The minimum Gasteiger partial charge on any atom is -0.494 e. The zero-order chi connectivity index (χ0) is 11.8. The van der Waals surface area contributed by atoms with E-state index in [-0.39, 0.29) is 0 Å². The largest absolute Gasteiger partial charge is 0.494 e. The number of unbranched alkanes of at least 4 members (excludes halogenated alkanes) is 3. The summed E-state index contributed by atoms with van der Waals surface area (Å²) >= 11 is 0. The standard InChI is InChI=1S/C12H19BO3/c1-2-3-4-7-10-16-12-9-6-5-8-11(12)13(14)15/h5-6,8-9,14-15H,2-4,7,10H2,1H3. The van der Waals surface area contributed by atoms with Crippen molar-refractivity contribution in [3.63, 3.8) is 0 Å². The van der Waals surface area contributed by atoms with E-state index in [4.69, 9.17) is 14.8 Å². The van der Waals surface area contributed by atoms with Crippen LogP contribution in [0.2, 0.25) is 0 Å². The van der Waals surface area contributed by atoms with Crippen LogP contribution < -0.4 is 10.2 Å². The molecular weight excluding hydrogens is 203 g/mol. The van der Waals surface area contributed by atoms with E-state index in [1.165, 1.54) is 12.8 Å². The molecule has 16 heavy (non-hydrogen) atoms. The molecule has 0 atom stereocenters. The van der Waals surface area contributed by atoms with Gasteiger partial charge in [-0.2, -0.15) is 0 Å². The molecule has 0 aromatic heterocycles. The van der Waals surface area contributed by atoms with Crippen molar-refractivity contribution in [3.8, 4) is 5.75 Å². The predicted molar refractivity (Wildman–Crippen MR) is 65.9 cm³/mol. The van der Waals surface area contributed by atoms with Gasteiger partial charge in [-0.3, -0.25) is 0 Å². The van der Waals surface area contributed by atoms with E-state index in [2.05, 4.69) is 6.92 Å². The van der Waals surface area contributed by atoms with Gasteiger partial charge in [0.2, 0.25) is 0 Å². The van der Waals surface area contributed by atoms with E-state index < -0.39 is 7.12 Å². The van der Waals surface area contributed by atoms with Crippen LogP contribution in [0, 0.1) is 0 Å². The lowest BCUT2D eigenvalue weighted by atomic mass is 9.79. The minimum atomic E-state index is -1.47. The molecule has 2 N–H and O–H groups in total. The fourth-order valence-corrected chi connectivity index (χ4v) is 1.54. The van der Waals surface area contributed by atoms with Crippen LogP contribution in [-0.2, 0) is 0 Å². The second-order valence-corrected chi connectivity index (χ2v) is 3.82. The summed E-state index contributed by atoms with van der Waals surface area (Å²) in [7, 11) is -1.47. The first kappa shape index (κ1) is 13.1. The first-order valence-electron chi connectivity index (χ1n) is 5.83. The molecule has 0 spiro atoms. The molecule has 4 heteroatoms. The number of ether oxygens (including phenoxy) is 1. The van der Waals surface area contributed by atoms with Crippen LogP contribution in [0.25, 0.3) is 0 Å². The van der Waals surface area contributed by atoms with Gasteiger partial charge >= 0.3 is 7.12 Å². The fraction of sp³-hybridized carbons (Fsp3) is 0.500. The van der Waals surface area contributed by atoms with Crippen molar-refractivity contribution < 1.29 is 14.8 Å². The zero-order valence-corrected chi connectivity index (χ0v) is 9.72. The van der Waals surface area contributed by atoms with Gasteiger partial charge in [0.05, 0.1) is 6.61 Å². The Morgan fingerprint density at radius 3 is 2.56 bits per heavy atom. The molecule has 0 saturated heterocycles. The van der Waals surface area contributed by atoms with Crippen LogP contribution >= 0.6 is 0 Å². The van der Waals surface area contributed by atoms with E-state index in [9.17, 15) is 0 Å². The molecule has 0 heterocycles. The van der Waals surface area contributed by atoms with Gasteiger partial charge in [-0.25, -0.2) is 0 Å². The fourth-order valence-electron chi connectivity index (χ4n) is 1.54. The lowest BCUT2D eigenvalue weighted by Crippen LogP contribution is -2.31. The number of benzene rings is 1. The van der Waals surface area contributed by atoms with Gasteiger partial charge in [0.15, 0.2) is 0 Å². The zero-order valence-electron chi connectivity index (χ0n) is 9.72. The molecule has 1 aromatic carbocycles. The summed E-state index contributed by atoms with van der Waals surface area (Å²) in [5, 5.41) is 18.2. The number of hydrogen-bond donors (Lipinski definition) is 2. The maximum absolute atomic E-state index is 9.12. The van der Waals surface area contributed by atoms with Gasteiger partial charge in [-0.05, 0) is 12.5 Å². The highest BCUT2D eigenvalue weighted by molar-refractivity contribution is 6.59. The van der Waals surface area contributed by atoms with Crippen LogP contribution in [0.15, 0.2) is 24.3 Å². The Bertz CT molecular complexity index is 302. The smallest absolute Gasteiger partial charge is 0.492 e. The molecule has 0 radical (unpaired) electrons. The van der Waals surface area contributed by atoms with Crippen molar-refractivity contribution in [1.29, 1.82) is 0 Å². The molecule has 0 aliphatic carbocycles. The maximum atomic E-state index is 9.12. The van der Waals surface area contributed by atoms with Crippen LogP contribution in [-0.4, -0.2) is 23.8 Å².